The number of ether oxygens (including phenoxy) is 1. The maximum atomic E-state index is 13.1. The number of amides is 1. The summed E-state index contributed by atoms with van der Waals surface area (Å²) in [4.78, 5) is 25.5. The Labute approximate surface area is 172 Å². The van der Waals surface area contributed by atoms with Gasteiger partial charge in [0.05, 0.1) is 12.2 Å². The molecule has 2 heterocycles. The number of aromatic nitrogens is 2. The van der Waals surface area contributed by atoms with E-state index in [2.05, 4.69) is 10.4 Å². The molecule has 154 valence electrons. The van der Waals surface area contributed by atoms with Gasteiger partial charge in [-0.1, -0.05) is 25.5 Å². The molecule has 0 aliphatic carbocycles. The normalized spacial score (nSPS) is 12.1. The molecule has 3 aromatic rings. The minimum atomic E-state index is -0.530. The van der Waals surface area contributed by atoms with Gasteiger partial charge in [0.15, 0.2) is 6.61 Å². The summed E-state index contributed by atoms with van der Waals surface area (Å²) in [6.07, 6.45) is 1.84. The fourth-order valence-corrected chi connectivity index (χ4v) is 4.16. The molecule has 0 aliphatic heterocycles. The number of nitrogens with zero attached hydrogens (tertiary/aromatic N) is 2. The summed E-state index contributed by atoms with van der Waals surface area (Å²) in [6, 6.07) is 8.02. The zero-order valence-corrected chi connectivity index (χ0v) is 17.5. The molecule has 0 fully saturated rings. The topological polar surface area (TPSA) is 73.2 Å². The fraction of sp³-hybridized carbons (Fsp3) is 0.381. The highest BCUT2D eigenvalue weighted by atomic mass is 32.1. The van der Waals surface area contributed by atoms with Gasteiger partial charge in [-0.15, -0.1) is 11.3 Å². The second-order valence-corrected chi connectivity index (χ2v) is 8.06. The van der Waals surface area contributed by atoms with E-state index in [0.29, 0.717) is 11.4 Å². The van der Waals surface area contributed by atoms with E-state index in [4.69, 9.17) is 4.74 Å². The molecule has 0 aliphatic rings. The first kappa shape index (κ1) is 21.0. The van der Waals surface area contributed by atoms with Crippen LogP contribution in [-0.4, -0.2) is 34.3 Å². The Balaban J connectivity index is 1.68. The van der Waals surface area contributed by atoms with Gasteiger partial charge in [0.2, 0.25) is 0 Å². The Morgan fingerprint density at radius 2 is 2.03 bits per heavy atom. The van der Waals surface area contributed by atoms with E-state index >= 15 is 0 Å². The number of nitrogens with one attached hydrogen (secondary N) is 1. The van der Waals surface area contributed by atoms with Crippen molar-refractivity contribution >= 4 is 33.4 Å². The van der Waals surface area contributed by atoms with Crippen LogP contribution in [0.25, 0.3) is 10.2 Å². The minimum absolute atomic E-state index is 0.0515. The van der Waals surface area contributed by atoms with Crippen molar-refractivity contribution in [1.82, 2.24) is 15.1 Å². The van der Waals surface area contributed by atoms with E-state index in [1.165, 1.54) is 23.5 Å². The summed E-state index contributed by atoms with van der Waals surface area (Å²) >= 11 is 1.27. The summed E-state index contributed by atoms with van der Waals surface area (Å²) in [6.45, 7) is 6.00. The van der Waals surface area contributed by atoms with Crippen molar-refractivity contribution in [3.05, 3.63) is 52.3 Å². The Morgan fingerprint density at radius 1 is 1.31 bits per heavy atom. The second kappa shape index (κ2) is 9.17. The van der Waals surface area contributed by atoms with Crippen LogP contribution in [0, 0.1) is 12.7 Å². The zero-order chi connectivity index (χ0) is 21.0. The van der Waals surface area contributed by atoms with Gasteiger partial charge in [-0.05, 0) is 44.0 Å². The molecule has 3 rings (SSSR count). The van der Waals surface area contributed by atoms with Crippen molar-refractivity contribution in [2.45, 2.75) is 46.2 Å². The maximum Gasteiger partial charge on any atom is 0.348 e. The highest BCUT2D eigenvalue weighted by Gasteiger charge is 2.18. The van der Waals surface area contributed by atoms with Crippen LogP contribution in [0.2, 0.25) is 0 Å². The lowest BCUT2D eigenvalue weighted by molar-refractivity contribution is -0.124. The largest absolute Gasteiger partial charge is 0.451 e. The third-order valence-corrected chi connectivity index (χ3v) is 5.65. The van der Waals surface area contributed by atoms with E-state index in [0.717, 1.165) is 34.3 Å². The number of fused-ring (bicyclic) bond motifs is 1. The van der Waals surface area contributed by atoms with Gasteiger partial charge in [0, 0.05) is 11.4 Å². The number of halogens is 1. The van der Waals surface area contributed by atoms with Crippen LogP contribution in [0.3, 0.4) is 0 Å². The van der Waals surface area contributed by atoms with Gasteiger partial charge in [0.1, 0.15) is 15.5 Å². The van der Waals surface area contributed by atoms with Crippen molar-refractivity contribution in [2.75, 3.05) is 6.61 Å². The number of carbonyl (C=O) groups excluding carboxylic acids is 2. The van der Waals surface area contributed by atoms with Crippen LogP contribution in [0.1, 0.15) is 47.6 Å². The summed E-state index contributed by atoms with van der Waals surface area (Å²) in [5, 5.41) is 8.18. The van der Waals surface area contributed by atoms with E-state index in [-0.39, 0.29) is 24.4 Å². The maximum absolute atomic E-state index is 13.1. The van der Waals surface area contributed by atoms with E-state index in [9.17, 15) is 14.0 Å². The SMILES string of the molecule is CCC[C@H](C)NC(=O)COC(=O)c1cc2c(C)nn(Cc3ccc(F)cc3)c2s1. The molecular weight excluding hydrogens is 393 g/mol. The molecule has 8 heteroatoms. The van der Waals surface area contributed by atoms with Crippen molar-refractivity contribution in [2.24, 2.45) is 0 Å². The molecule has 0 saturated heterocycles. The third kappa shape index (κ3) is 5.20. The zero-order valence-electron chi connectivity index (χ0n) is 16.7. The summed E-state index contributed by atoms with van der Waals surface area (Å²) in [5.74, 6) is -1.12. The van der Waals surface area contributed by atoms with Crippen LogP contribution in [-0.2, 0) is 16.1 Å². The number of carbonyl (C=O) groups is 2. The average Bonchev–Trinajstić information content (AvgIpc) is 3.23. The van der Waals surface area contributed by atoms with Crippen molar-refractivity contribution in [3.63, 3.8) is 0 Å². The Hall–Kier alpha value is -2.74. The monoisotopic (exact) mass is 417 g/mol. The average molecular weight is 418 g/mol. The number of aryl methyl sites for hydroxylation is 1. The lowest BCUT2D eigenvalue weighted by Gasteiger charge is -2.12. The lowest BCUT2D eigenvalue weighted by Crippen LogP contribution is -2.35. The molecule has 2 aromatic heterocycles. The number of hydrogen-bond donors (Lipinski definition) is 1. The molecule has 0 radical (unpaired) electrons. The van der Waals surface area contributed by atoms with Crippen LogP contribution in [0.5, 0.6) is 0 Å². The summed E-state index contributed by atoms with van der Waals surface area (Å²) in [7, 11) is 0. The molecule has 1 atom stereocenters. The molecule has 0 bridgehead atoms. The Kier molecular flexibility index (Phi) is 6.64. The van der Waals surface area contributed by atoms with Crippen LogP contribution in [0.4, 0.5) is 4.39 Å². The molecular formula is C21H24FN3O3S. The van der Waals surface area contributed by atoms with Gasteiger partial charge in [-0.25, -0.2) is 9.18 Å². The van der Waals surface area contributed by atoms with Crippen LogP contribution in [0.15, 0.2) is 30.3 Å². The Morgan fingerprint density at radius 3 is 2.72 bits per heavy atom. The van der Waals surface area contributed by atoms with Crippen molar-refractivity contribution < 1.29 is 18.7 Å². The van der Waals surface area contributed by atoms with Gasteiger partial charge >= 0.3 is 5.97 Å². The standard InChI is InChI=1S/C21H24FN3O3S/c1-4-5-13(2)23-19(26)12-28-21(27)18-10-17-14(3)24-25(20(17)29-18)11-15-6-8-16(22)9-7-15/h6-10,13H,4-5,11-12H2,1-3H3,(H,23,26)/t13-/m0/s1. The molecule has 29 heavy (non-hydrogen) atoms. The first-order chi connectivity index (χ1) is 13.9. The minimum Gasteiger partial charge on any atom is -0.451 e. The van der Waals surface area contributed by atoms with Crippen molar-refractivity contribution in [1.29, 1.82) is 0 Å². The van der Waals surface area contributed by atoms with E-state index in [1.807, 2.05) is 20.8 Å². The quantitative estimate of drug-likeness (QED) is 0.561. The number of benzene rings is 1. The molecule has 0 unspecified atom stereocenters. The third-order valence-electron chi connectivity index (χ3n) is 4.52. The number of thiophene rings is 1. The molecule has 0 saturated carbocycles. The predicted molar refractivity (Wildman–Crippen MR) is 111 cm³/mol. The first-order valence-corrected chi connectivity index (χ1v) is 10.4. The highest BCUT2D eigenvalue weighted by Crippen LogP contribution is 2.29. The Bertz CT molecular complexity index is 1010. The van der Waals surface area contributed by atoms with Crippen LogP contribution >= 0.6 is 11.3 Å². The smallest absolute Gasteiger partial charge is 0.348 e. The van der Waals surface area contributed by atoms with E-state index in [1.54, 1.807) is 22.9 Å². The highest BCUT2D eigenvalue weighted by molar-refractivity contribution is 7.20. The van der Waals surface area contributed by atoms with Gasteiger partial charge in [-0.3, -0.25) is 9.48 Å². The predicted octanol–water partition coefficient (Wildman–Crippen LogP) is 4.06. The van der Waals surface area contributed by atoms with Gasteiger partial charge < -0.3 is 10.1 Å². The summed E-state index contributed by atoms with van der Waals surface area (Å²) in [5.41, 5.74) is 1.70. The molecule has 1 aromatic carbocycles. The van der Waals surface area contributed by atoms with Crippen molar-refractivity contribution in [3.8, 4) is 0 Å². The molecule has 1 N–H and O–H groups in total. The molecule has 6 nitrogen and oxygen atoms in total. The number of rotatable bonds is 8. The lowest BCUT2D eigenvalue weighted by atomic mass is 10.2. The number of esters is 1. The first-order valence-electron chi connectivity index (χ1n) is 9.55. The summed E-state index contributed by atoms with van der Waals surface area (Å²) < 4.78 is 20.1. The van der Waals surface area contributed by atoms with E-state index < -0.39 is 5.97 Å². The fourth-order valence-electron chi connectivity index (χ4n) is 3.11. The number of hydrogen-bond acceptors (Lipinski definition) is 5. The second-order valence-electron chi connectivity index (χ2n) is 7.03. The molecule has 1 amide bonds. The molecule has 0 spiro atoms. The van der Waals surface area contributed by atoms with Crippen LogP contribution < -0.4 is 5.32 Å². The van der Waals surface area contributed by atoms with Gasteiger partial charge in [0.25, 0.3) is 5.91 Å². The van der Waals surface area contributed by atoms with Gasteiger partial charge in [-0.2, -0.15) is 5.10 Å².